The van der Waals surface area contributed by atoms with Crippen molar-refractivity contribution in [1.82, 2.24) is 4.98 Å². The molecule has 0 N–H and O–H groups in total. The quantitative estimate of drug-likeness (QED) is 0.643. The number of rotatable bonds is 2. The number of nitrogens with zero attached hydrogens (tertiary/aromatic N) is 2. The summed E-state index contributed by atoms with van der Waals surface area (Å²) >= 11 is 0. The summed E-state index contributed by atoms with van der Waals surface area (Å²) < 4.78 is 4.78. The molecule has 0 amide bonds. The minimum atomic E-state index is 0.437. The molecule has 13 heavy (non-hydrogen) atoms. The van der Waals surface area contributed by atoms with Gasteiger partial charge in [-0.15, -0.1) is 0 Å². The van der Waals surface area contributed by atoms with E-state index in [2.05, 4.69) is 4.98 Å². The van der Waals surface area contributed by atoms with Gasteiger partial charge in [0.05, 0.1) is 13.4 Å². The van der Waals surface area contributed by atoms with Crippen LogP contribution in [0.3, 0.4) is 0 Å². The minimum absolute atomic E-state index is 0.437. The molecule has 0 spiro atoms. The molecule has 0 unspecified atom stereocenters. The second-order valence-electron chi connectivity index (χ2n) is 2.52. The third kappa shape index (κ3) is 2.31. The van der Waals surface area contributed by atoms with E-state index in [0.717, 1.165) is 11.3 Å². The lowest BCUT2D eigenvalue weighted by atomic mass is 10.2. The summed E-state index contributed by atoms with van der Waals surface area (Å²) in [7, 11) is 1.59. The first-order chi connectivity index (χ1) is 6.27. The number of hydrogen-bond donors (Lipinski definition) is 0. The molecule has 0 aliphatic carbocycles. The molecule has 0 saturated carbocycles. The molecule has 0 aromatic carbocycles. The highest BCUT2D eigenvalue weighted by Crippen LogP contribution is 2.08. The van der Waals surface area contributed by atoms with Crippen LogP contribution in [0.15, 0.2) is 18.4 Å². The largest absolute Gasteiger partial charge is 0.504 e. The van der Waals surface area contributed by atoms with Crippen LogP contribution < -0.4 is 0 Å². The average molecular weight is 174 g/mol. The highest BCUT2D eigenvalue weighted by Gasteiger charge is 1.97. The number of pyridine rings is 1. The Labute approximate surface area is 77.3 Å². The van der Waals surface area contributed by atoms with E-state index < -0.39 is 0 Å². The maximum atomic E-state index is 8.57. The van der Waals surface area contributed by atoms with Crippen molar-refractivity contribution in [2.24, 2.45) is 0 Å². The highest BCUT2D eigenvalue weighted by molar-refractivity contribution is 5.51. The van der Waals surface area contributed by atoms with Crippen molar-refractivity contribution in [3.05, 3.63) is 35.3 Å². The Hall–Kier alpha value is -1.82. The smallest absolute Gasteiger partial charge is 0.140 e. The summed E-state index contributed by atoms with van der Waals surface area (Å²) in [6, 6.07) is 5.51. The standard InChI is InChI=1S/C10H10N2O/c1-8-9(5-6-13-2)3-4-10(7-11)12-8/h3-6H,1-2H3/b6-5+. The molecule has 0 fully saturated rings. The molecule has 1 heterocycles. The van der Waals surface area contributed by atoms with Gasteiger partial charge in [0, 0.05) is 5.69 Å². The fraction of sp³-hybridized carbons (Fsp3) is 0.200. The van der Waals surface area contributed by atoms with Gasteiger partial charge >= 0.3 is 0 Å². The summed E-state index contributed by atoms with van der Waals surface area (Å²) in [5, 5.41) is 8.57. The van der Waals surface area contributed by atoms with Crippen molar-refractivity contribution in [1.29, 1.82) is 5.26 Å². The van der Waals surface area contributed by atoms with Crippen LogP contribution in [0.5, 0.6) is 0 Å². The van der Waals surface area contributed by atoms with Crippen LogP contribution in [0.1, 0.15) is 17.0 Å². The Morgan fingerprint density at radius 2 is 2.31 bits per heavy atom. The van der Waals surface area contributed by atoms with Crippen molar-refractivity contribution in [3.8, 4) is 6.07 Å². The zero-order chi connectivity index (χ0) is 9.68. The van der Waals surface area contributed by atoms with Gasteiger partial charge in [-0.3, -0.25) is 0 Å². The van der Waals surface area contributed by atoms with E-state index in [0.29, 0.717) is 5.69 Å². The van der Waals surface area contributed by atoms with Gasteiger partial charge < -0.3 is 4.74 Å². The molecule has 66 valence electrons. The van der Waals surface area contributed by atoms with Crippen LogP contribution in [-0.2, 0) is 4.74 Å². The highest BCUT2D eigenvalue weighted by atomic mass is 16.5. The summed E-state index contributed by atoms with van der Waals surface area (Å²) in [5.74, 6) is 0. The first-order valence-corrected chi connectivity index (χ1v) is 3.85. The summed E-state index contributed by atoms with van der Waals surface area (Å²) in [5.41, 5.74) is 2.22. The summed E-state index contributed by atoms with van der Waals surface area (Å²) in [4.78, 5) is 4.08. The SMILES string of the molecule is CO/C=C/c1ccc(C#N)nc1C. The average Bonchev–Trinajstić information content (AvgIpc) is 2.16. The second kappa shape index (κ2) is 4.27. The maximum Gasteiger partial charge on any atom is 0.140 e. The summed E-state index contributed by atoms with van der Waals surface area (Å²) in [6.45, 7) is 1.86. The Kier molecular flexibility index (Phi) is 3.04. The number of ether oxygens (including phenoxy) is 1. The van der Waals surface area contributed by atoms with Gasteiger partial charge in [-0.1, -0.05) is 6.07 Å². The molecule has 0 bridgehead atoms. The van der Waals surface area contributed by atoms with Crippen molar-refractivity contribution in [2.75, 3.05) is 7.11 Å². The fourth-order valence-electron chi connectivity index (χ4n) is 0.952. The van der Waals surface area contributed by atoms with Crippen molar-refractivity contribution in [2.45, 2.75) is 6.92 Å². The predicted octanol–water partition coefficient (Wildman–Crippen LogP) is 1.88. The van der Waals surface area contributed by atoms with Crippen LogP contribution in [0, 0.1) is 18.3 Å². The fourth-order valence-corrected chi connectivity index (χ4v) is 0.952. The van der Waals surface area contributed by atoms with E-state index in [1.54, 1.807) is 19.4 Å². The van der Waals surface area contributed by atoms with E-state index in [9.17, 15) is 0 Å². The van der Waals surface area contributed by atoms with E-state index in [1.165, 1.54) is 0 Å². The number of aromatic nitrogens is 1. The molecule has 0 atom stereocenters. The van der Waals surface area contributed by atoms with Crippen LogP contribution >= 0.6 is 0 Å². The molecular formula is C10H10N2O. The van der Waals surface area contributed by atoms with Gasteiger partial charge in [0.1, 0.15) is 11.8 Å². The first kappa shape index (κ1) is 9.27. The van der Waals surface area contributed by atoms with Gasteiger partial charge in [-0.25, -0.2) is 4.98 Å². The van der Waals surface area contributed by atoms with Gasteiger partial charge in [0.2, 0.25) is 0 Å². The lowest BCUT2D eigenvalue weighted by Crippen LogP contribution is -1.89. The van der Waals surface area contributed by atoms with E-state index >= 15 is 0 Å². The molecule has 1 aromatic rings. The molecule has 0 aliphatic rings. The van der Waals surface area contributed by atoms with Crippen LogP contribution in [-0.4, -0.2) is 12.1 Å². The number of nitriles is 1. The molecule has 3 heteroatoms. The van der Waals surface area contributed by atoms with Gasteiger partial charge in [0.25, 0.3) is 0 Å². The molecular weight excluding hydrogens is 164 g/mol. The zero-order valence-corrected chi connectivity index (χ0v) is 7.61. The number of hydrogen-bond acceptors (Lipinski definition) is 3. The number of aryl methyl sites for hydroxylation is 1. The van der Waals surface area contributed by atoms with E-state index in [-0.39, 0.29) is 0 Å². The summed E-state index contributed by atoms with van der Waals surface area (Å²) in [6.07, 6.45) is 3.39. The van der Waals surface area contributed by atoms with Crippen molar-refractivity contribution < 1.29 is 4.74 Å². The van der Waals surface area contributed by atoms with E-state index in [4.69, 9.17) is 10.00 Å². The Morgan fingerprint density at radius 1 is 1.54 bits per heavy atom. The van der Waals surface area contributed by atoms with Gasteiger partial charge in [-0.2, -0.15) is 5.26 Å². The lowest BCUT2D eigenvalue weighted by Gasteiger charge is -1.98. The van der Waals surface area contributed by atoms with Gasteiger partial charge in [-0.05, 0) is 24.6 Å². The molecule has 1 aromatic heterocycles. The van der Waals surface area contributed by atoms with Crippen molar-refractivity contribution in [3.63, 3.8) is 0 Å². The maximum absolute atomic E-state index is 8.57. The van der Waals surface area contributed by atoms with E-state index in [1.807, 2.05) is 25.1 Å². The molecule has 1 rings (SSSR count). The molecule has 0 saturated heterocycles. The lowest BCUT2D eigenvalue weighted by molar-refractivity contribution is 0.341. The van der Waals surface area contributed by atoms with Crippen LogP contribution in [0.2, 0.25) is 0 Å². The van der Waals surface area contributed by atoms with Gasteiger partial charge in [0.15, 0.2) is 0 Å². The Balaban J connectivity index is 3.00. The topological polar surface area (TPSA) is 45.9 Å². The number of methoxy groups -OCH3 is 1. The first-order valence-electron chi connectivity index (χ1n) is 3.85. The molecule has 0 radical (unpaired) electrons. The predicted molar refractivity (Wildman–Crippen MR) is 49.7 cm³/mol. The Morgan fingerprint density at radius 3 is 2.85 bits per heavy atom. The third-order valence-electron chi connectivity index (χ3n) is 1.62. The zero-order valence-electron chi connectivity index (χ0n) is 7.61. The van der Waals surface area contributed by atoms with Crippen LogP contribution in [0.4, 0.5) is 0 Å². The van der Waals surface area contributed by atoms with Crippen molar-refractivity contribution >= 4 is 6.08 Å². The Bertz CT molecular complexity index is 364. The normalized spacial score (nSPS) is 9.92. The minimum Gasteiger partial charge on any atom is -0.504 e. The molecule has 3 nitrogen and oxygen atoms in total. The monoisotopic (exact) mass is 174 g/mol. The van der Waals surface area contributed by atoms with Crippen LogP contribution in [0.25, 0.3) is 6.08 Å². The molecule has 0 aliphatic heterocycles. The second-order valence-corrected chi connectivity index (χ2v) is 2.52. The third-order valence-corrected chi connectivity index (χ3v) is 1.62.